The van der Waals surface area contributed by atoms with Gasteiger partial charge in [0.2, 0.25) is 5.91 Å². The summed E-state index contributed by atoms with van der Waals surface area (Å²) < 4.78 is 8.19. The first-order chi connectivity index (χ1) is 20.5. The highest BCUT2D eigenvalue weighted by Gasteiger charge is 2.40. The highest BCUT2D eigenvalue weighted by Crippen LogP contribution is 2.43. The number of nitrogens with zero attached hydrogens (tertiary/aromatic N) is 6. The summed E-state index contributed by atoms with van der Waals surface area (Å²) in [5.74, 6) is 2.90. The molecule has 8 rings (SSSR count). The van der Waals surface area contributed by atoms with E-state index in [1.807, 2.05) is 65.9 Å². The predicted molar refractivity (Wildman–Crippen MR) is 163 cm³/mol. The van der Waals surface area contributed by atoms with Gasteiger partial charge in [0.1, 0.15) is 23.3 Å². The summed E-state index contributed by atoms with van der Waals surface area (Å²) in [6.07, 6.45) is 9.00. The van der Waals surface area contributed by atoms with E-state index in [4.69, 9.17) is 9.72 Å². The average Bonchev–Trinajstić information content (AvgIpc) is 3.14. The fraction of sp³-hybridized carbons (Fsp3) is 0.303. The molecule has 0 radical (unpaired) electrons. The molecule has 5 aromatic rings. The molecule has 5 heterocycles. The number of imidazole rings is 1. The molecule has 3 aliphatic rings. The van der Waals surface area contributed by atoms with Crippen LogP contribution in [0.5, 0.6) is 11.5 Å². The van der Waals surface area contributed by atoms with Crippen molar-refractivity contribution < 1.29 is 9.53 Å². The zero-order chi connectivity index (χ0) is 28.8. The molecule has 0 spiro atoms. The fourth-order valence-electron chi connectivity index (χ4n) is 6.61. The Labute approximate surface area is 244 Å². The molecule has 3 fully saturated rings. The molecular weight excluding hydrogens is 526 g/mol. The number of aromatic nitrogens is 5. The van der Waals surface area contributed by atoms with Crippen LogP contribution in [0.3, 0.4) is 0 Å². The molecule has 2 aliphatic heterocycles. The Kier molecular flexibility index (Phi) is 6.57. The number of piperidine rings is 1. The van der Waals surface area contributed by atoms with Gasteiger partial charge in [0, 0.05) is 43.0 Å². The van der Waals surface area contributed by atoms with E-state index in [0.717, 1.165) is 82.7 Å². The first-order valence-electron chi connectivity index (χ1n) is 14.5. The summed E-state index contributed by atoms with van der Waals surface area (Å²) in [5, 5.41) is 3.47. The van der Waals surface area contributed by atoms with Gasteiger partial charge in [-0.25, -0.2) is 19.9 Å². The minimum Gasteiger partial charge on any atom is -0.457 e. The van der Waals surface area contributed by atoms with Gasteiger partial charge in [-0.05, 0) is 86.2 Å². The molecule has 212 valence electrons. The van der Waals surface area contributed by atoms with Crippen LogP contribution in [0.25, 0.3) is 22.1 Å². The van der Waals surface area contributed by atoms with Crippen LogP contribution >= 0.6 is 0 Å². The molecule has 2 aromatic carbocycles. The van der Waals surface area contributed by atoms with E-state index >= 15 is 0 Å². The van der Waals surface area contributed by atoms with Crippen LogP contribution < -0.4 is 10.1 Å². The highest BCUT2D eigenvalue weighted by molar-refractivity contribution is 5.88. The van der Waals surface area contributed by atoms with Gasteiger partial charge in [0.25, 0.3) is 0 Å². The second kappa shape index (κ2) is 10.6. The van der Waals surface area contributed by atoms with Crippen LogP contribution in [0.1, 0.15) is 42.9 Å². The lowest BCUT2D eigenvalue weighted by Gasteiger charge is -2.41. The van der Waals surface area contributed by atoms with Gasteiger partial charge in [-0.15, -0.1) is 0 Å². The summed E-state index contributed by atoms with van der Waals surface area (Å²) in [6.45, 7) is 6.50. The Bertz CT molecular complexity index is 1830. The zero-order valence-corrected chi connectivity index (χ0v) is 23.8. The summed E-state index contributed by atoms with van der Waals surface area (Å²) in [6, 6.07) is 16.3. The third kappa shape index (κ3) is 4.74. The molecule has 1 saturated carbocycles. The van der Waals surface area contributed by atoms with E-state index < -0.39 is 0 Å². The topological polar surface area (TPSA) is 98.1 Å². The quantitative estimate of drug-likeness (QED) is 0.240. The Morgan fingerprint density at radius 3 is 2.83 bits per heavy atom. The molecule has 3 atom stereocenters. The number of hydrogen-bond acceptors (Lipinski definition) is 7. The summed E-state index contributed by atoms with van der Waals surface area (Å²) >= 11 is 0. The van der Waals surface area contributed by atoms with Crippen molar-refractivity contribution >= 4 is 39.5 Å². The maximum atomic E-state index is 12.5. The van der Waals surface area contributed by atoms with Crippen molar-refractivity contribution in [2.45, 2.75) is 44.6 Å². The zero-order valence-electron chi connectivity index (χ0n) is 23.8. The van der Waals surface area contributed by atoms with E-state index in [9.17, 15) is 4.79 Å². The van der Waals surface area contributed by atoms with Crippen molar-refractivity contribution in [2.75, 3.05) is 11.9 Å². The van der Waals surface area contributed by atoms with Gasteiger partial charge >= 0.3 is 0 Å². The number of hydrogen-bond donors (Lipinski definition) is 1. The number of aryl methyl sites for hydroxylation is 2. The minimum atomic E-state index is 0.0395. The van der Waals surface area contributed by atoms with Crippen molar-refractivity contribution in [1.29, 1.82) is 0 Å². The number of anilines is 2. The van der Waals surface area contributed by atoms with E-state index in [1.165, 1.54) is 6.08 Å². The molecule has 1 aliphatic carbocycles. The lowest BCUT2D eigenvalue weighted by Crippen LogP contribution is -2.47. The number of ether oxygens (including phenoxy) is 1. The van der Waals surface area contributed by atoms with Crippen LogP contribution in [0, 0.1) is 12.8 Å². The van der Waals surface area contributed by atoms with Crippen LogP contribution in [0.15, 0.2) is 73.8 Å². The van der Waals surface area contributed by atoms with Crippen molar-refractivity contribution in [3.63, 3.8) is 0 Å². The van der Waals surface area contributed by atoms with Crippen molar-refractivity contribution in [1.82, 2.24) is 29.4 Å². The summed E-state index contributed by atoms with van der Waals surface area (Å²) in [7, 11) is 1.98. The first kappa shape index (κ1) is 26.1. The van der Waals surface area contributed by atoms with E-state index in [2.05, 4.69) is 32.9 Å². The van der Waals surface area contributed by atoms with Gasteiger partial charge in [0.15, 0.2) is 5.82 Å². The highest BCUT2D eigenvalue weighted by atomic mass is 16.5. The molecule has 9 heteroatoms. The van der Waals surface area contributed by atoms with Crippen LogP contribution in [0.4, 0.5) is 11.5 Å². The van der Waals surface area contributed by atoms with E-state index in [1.54, 1.807) is 12.7 Å². The van der Waals surface area contributed by atoms with Gasteiger partial charge in [-0.2, -0.15) is 0 Å². The van der Waals surface area contributed by atoms with Crippen LogP contribution in [-0.2, 0) is 11.8 Å². The SMILES string of the molecule is C=CC(=O)N1CC2CCCC1CC2c1ccc2ncnc(Nc3ccc(Oc4ccc5c(c4)ncn5C)c(C)c3)c2n1. The Morgan fingerprint density at radius 1 is 1.07 bits per heavy atom. The maximum Gasteiger partial charge on any atom is 0.246 e. The number of fused-ring (bicyclic) bond motifs is 6. The third-order valence-corrected chi connectivity index (χ3v) is 8.78. The second-order valence-corrected chi connectivity index (χ2v) is 11.4. The summed E-state index contributed by atoms with van der Waals surface area (Å²) in [5.41, 5.74) is 6.42. The number of carbonyl (C=O) groups is 1. The number of amides is 1. The van der Waals surface area contributed by atoms with Gasteiger partial charge in [-0.3, -0.25) is 4.79 Å². The van der Waals surface area contributed by atoms with Crippen LogP contribution in [-0.4, -0.2) is 47.9 Å². The third-order valence-electron chi connectivity index (χ3n) is 8.78. The number of pyridine rings is 1. The van der Waals surface area contributed by atoms with Gasteiger partial charge in [-0.1, -0.05) is 13.0 Å². The molecule has 3 aromatic heterocycles. The van der Waals surface area contributed by atoms with E-state index in [0.29, 0.717) is 17.7 Å². The van der Waals surface area contributed by atoms with Crippen molar-refractivity contribution in [2.24, 2.45) is 13.0 Å². The average molecular weight is 560 g/mol. The Morgan fingerprint density at radius 2 is 1.98 bits per heavy atom. The van der Waals surface area contributed by atoms with Gasteiger partial charge in [0.05, 0.1) is 22.9 Å². The monoisotopic (exact) mass is 559 g/mol. The molecular formula is C33H33N7O2. The fourth-order valence-corrected chi connectivity index (χ4v) is 6.61. The molecule has 42 heavy (non-hydrogen) atoms. The second-order valence-electron chi connectivity index (χ2n) is 11.4. The number of carbonyl (C=O) groups excluding carboxylic acids is 1. The molecule has 2 saturated heterocycles. The Balaban J connectivity index is 1.13. The van der Waals surface area contributed by atoms with Gasteiger partial charge < -0.3 is 19.5 Å². The molecule has 2 bridgehead atoms. The lowest BCUT2D eigenvalue weighted by atomic mass is 9.80. The Hall–Kier alpha value is -4.79. The number of nitrogens with one attached hydrogen (secondary N) is 1. The molecule has 1 amide bonds. The van der Waals surface area contributed by atoms with Crippen molar-refractivity contribution in [3.05, 3.63) is 85.1 Å². The predicted octanol–water partition coefficient (Wildman–Crippen LogP) is 6.43. The minimum absolute atomic E-state index is 0.0395. The largest absolute Gasteiger partial charge is 0.457 e. The van der Waals surface area contributed by atoms with Crippen LogP contribution in [0.2, 0.25) is 0 Å². The maximum absolute atomic E-state index is 12.5. The smallest absolute Gasteiger partial charge is 0.246 e. The summed E-state index contributed by atoms with van der Waals surface area (Å²) in [4.78, 5) is 33.1. The van der Waals surface area contributed by atoms with E-state index in [-0.39, 0.29) is 11.9 Å². The first-order valence-corrected chi connectivity index (χ1v) is 14.5. The molecule has 9 nitrogen and oxygen atoms in total. The normalized spacial score (nSPS) is 20.0. The lowest BCUT2D eigenvalue weighted by molar-refractivity contribution is -0.130. The number of benzene rings is 2. The molecule has 1 N–H and O–H groups in total. The molecule has 3 unspecified atom stereocenters. The standard InChI is InChI=1S/C33H33N7O2/c1-4-31(41)40-17-21-6-5-7-23(40)15-25(21)26-10-11-27-32(38-26)33(35-18-34-27)37-22-8-13-30(20(2)14-22)42-24-9-12-29-28(16-24)36-19-39(29)3/h4,8-14,16,18-19,21,23,25H,1,5-7,15,17H2,2-3H3,(H,34,35,37). The number of rotatable bonds is 6. The van der Waals surface area contributed by atoms with Crippen molar-refractivity contribution in [3.8, 4) is 11.5 Å².